The molecule has 0 radical (unpaired) electrons. The van der Waals surface area contributed by atoms with Gasteiger partial charge in [-0.05, 0) is 30.3 Å². The van der Waals surface area contributed by atoms with Crippen LogP contribution in [0.5, 0.6) is 0 Å². The lowest BCUT2D eigenvalue weighted by Gasteiger charge is -2.14. The summed E-state index contributed by atoms with van der Waals surface area (Å²) < 4.78 is 0. The number of benzene rings is 1. The van der Waals surface area contributed by atoms with Crippen LogP contribution in [0.25, 0.3) is 11.0 Å². The predicted octanol–water partition coefficient (Wildman–Crippen LogP) is 1.47. The van der Waals surface area contributed by atoms with Gasteiger partial charge >= 0.3 is 5.95 Å². The summed E-state index contributed by atoms with van der Waals surface area (Å²) in [5, 5.41) is 7.47. The highest BCUT2D eigenvalue weighted by atomic mass is 16.2. The summed E-state index contributed by atoms with van der Waals surface area (Å²) in [7, 11) is 1.74. The molecule has 8 nitrogen and oxygen atoms in total. The fourth-order valence-corrected chi connectivity index (χ4v) is 2.46. The molecule has 0 aliphatic heterocycles. The number of anilines is 4. The van der Waals surface area contributed by atoms with E-state index in [4.69, 9.17) is 5.73 Å². The number of hydrogen-bond donors (Lipinski definition) is 4. The molecule has 0 saturated heterocycles. The maximum absolute atomic E-state index is 11.4. The summed E-state index contributed by atoms with van der Waals surface area (Å²) in [6.07, 6.45) is 1.84. The lowest BCUT2D eigenvalue weighted by molar-refractivity contribution is -0.345. The van der Waals surface area contributed by atoms with E-state index in [9.17, 15) is 4.79 Å². The minimum atomic E-state index is -0.0106. The highest BCUT2D eigenvalue weighted by molar-refractivity contribution is 5.91. The van der Waals surface area contributed by atoms with Gasteiger partial charge in [0.2, 0.25) is 17.4 Å². The lowest BCUT2D eigenvalue weighted by Crippen LogP contribution is -2.23. The maximum Gasteiger partial charge on any atom is 0.351 e. The summed E-state index contributed by atoms with van der Waals surface area (Å²) in [5.41, 5.74) is 8.04. The number of carbonyl (C=O) groups is 1. The number of nitrogens with two attached hydrogens (primary N) is 1. The number of H-pyrrole nitrogens is 2. The molecule has 1 aromatic carbocycles. The second-order valence-corrected chi connectivity index (χ2v) is 5.67. The van der Waals surface area contributed by atoms with E-state index in [2.05, 4.69) is 25.6 Å². The molecule has 1 amide bonds. The van der Waals surface area contributed by atoms with Crippen LogP contribution in [0, 0.1) is 0 Å². The van der Waals surface area contributed by atoms with Gasteiger partial charge in [0.1, 0.15) is 0 Å². The zero-order chi connectivity index (χ0) is 17.8. The Morgan fingerprint density at radius 2 is 2.08 bits per heavy atom. The minimum absolute atomic E-state index is 0.0106. The van der Waals surface area contributed by atoms with Crippen LogP contribution in [0.15, 0.2) is 36.5 Å². The standard InChI is InChI=1S/C17H21N7O/c1-11(25)24(2)13-5-3-12(4-6-13)21-17-22-15-14(7-9-19-15)16(23-17)20-10-8-18/h3-7,9H,8,10,18H2,1-2H3,(H3,19,20,21,22,23)/p+1. The van der Waals surface area contributed by atoms with Gasteiger partial charge < -0.3 is 20.9 Å². The van der Waals surface area contributed by atoms with Crippen LogP contribution in [0.2, 0.25) is 0 Å². The van der Waals surface area contributed by atoms with E-state index in [1.165, 1.54) is 6.92 Å². The second-order valence-electron chi connectivity index (χ2n) is 5.67. The fourth-order valence-electron chi connectivity index (χ4n) is 2.46. The van der Waals surface area contributed by atoms with Crippen molar-refractivity contribution in [2.45, 2.75) is 6.92 Å². The minimum Gasteiger partial charge on any atom is -0.336 e. The molecule has 0 unspecified atom stereocenters. The van der Waals surface area contributed by atoms with Crippen molar-refractivity contribution >= 4 is 40.1 Å². The molecule has 2 heterocycles. The third-order valence-corrected chi connectivity index (χ3v) is 3.90. The Morgan fingerprint density at radius 1 is 1.32 bits per heavy atom. The first-order chi connectivity index (χ1) is 12.1. The zero-order valence-electron chi connectivity index (χ0n) is 14.3. The number of nitrogens with zero attached hydrogens (tertiary/aromatic N) is 2. The van der Waals surface area contributed by atoms with Crippen LogP contribution in [-0.2, 0) is 4.79 Å². The Hall–Kier alpha value is -3.13. The van der Waals surface area contributed by atoms with Gasteiger partial charge in [-0.15, -0.1) is 0 Å². The van der Waals surface area contributed by atoms with E-state index in [1.54, 1.807) is 11.9 Å². The SMILES string of the molecule is CC(=O)N(C)c1ccc(Nc2nc3[nH]ccc3c(NCCN)[nH+]2)cc1. The molecule has 2 aromatic heterocycles. The summed E-state index contributed by atoms with van der Waals surface area (Å²) in [6, 6.07) is 9.51. The molecule has 3 rings (SSSR count). The molecule has 0 saturated carbocycles. The second kappa shape index (κ2) is 7.18. The van der Waals surface area contributed by atoms with Gasteiger partial charge in [0, 0.05) is 32.4 Å². The van der Waals surface area contributed by atoms with Crippen LogP contribution in [0.1, 0.15) is 6.92 Å². The van der Waals surface area contributed by atoms with Crippen molar-refractivity contribution in [2.75, 3.05) is 35.7 Å². The number of hydrogen-bond acceptors (Lipinski definition) is 5. The molecule has 0 atom stereocenters. The summed E-state index contributed by atoms with van der Waals surface area (Å²) in [6.45, 7) is 2.73. The van der Waals surface area contributed by atoms with E-state index in [0.717, 1.165) is 28.2 Å². The number of fused-ring (bicyclic) bond motifs is 1. The van der Waals surface area contributed by atoms with E-state index in [1.807, 2.05) is 36.5 Å². The van der Waals surface area contributed by atoms with Crippen molar-refractivity contribution < 1.29 is 9.78 Å². The Morgan fingerprint density at radius 3 is 2.76 bits per heavy atom. The van der Waals surface area contributed by atoms with Crippen molar-refractivity contribution in [3.63, 3.8) is 0 Å². The van der Waals surface area contributed by atoms with Crippen LogP contribution < -0.4 is 26.3 Å². The molecule has 0 bridgehead atoms. The van der Waals surface area contributed by atoms with Crippen LogP contribution in [0.3, 0.4) is 0 Å². The Bertz CT molecular complexity index is 872. The summed E-state index contributed by atoms with van der Waals surface area (Å²) in [5.74, 6) is 1.44. The first kappa shape index (κ1) is 16.7. The van der Waals surface area contributed by atoms with Crippen LogP contribution in [-0.4, -0.2) is 36.0 Å². The lowest BCUT2D eigenvalue weighted by atomic mass is 10.2. The Labute approximate surface area is 145 Å². The van der Waals surface area contributed by atoms with Crippen molar-refractivity contribution in [2.24, 2.45) is 5.73 Å². The van der Waals surface area contributed by atoms with Crippen molar-refractivity contribution in [1.29, 1.82) is 0 Å². The molecule has 0 fully saturated rings. The maximum atomic E-state index is 11.4. The molecule has 0 spiro atoms. The van der Waals surface area contributed by atoms with Crippen molar-refractivity contribution in [3.05, 3.63) is 36.5 Å². The number of carbonyl (C=O) groups excluding carboxylic acids is 1. The molecule has 8 heteroatoms. The van der Waals surface area contributed by atoms with Crippen LogP contribution >= 0.6 is 0 Å². The molecule has 130 valence electrons. The summed E-state index contributed by atoms with van der Waals surface area (Å²) >= 11 is 0. The van der Waals surface area contributed by atoms with Crippen molar-refractivity contribution in [1.82, 2.24) is 9.97 Å². The number of amides is 1. The predicted molar refractivity (Wildman–Crippen MR) is 99.0 cm³/mol. The van der Waals surface area contributed by atoms with Gasteiger partial charge in [0.15, 0.2) is 0 Å². The quantitative estimate of drug-likeness (QED) is 0.543. The molecule has 3 aromatic rings. The number of aromatic nitrogens is 3. The van der Waals surface area contributed by atoms with Gasteiger partial charge in [-0.1, -0.05) is 4.98 Å². The zero-order valence-corrected chi connectivity index (χ0v) is 14.3. The molecular weight excluding hydrogens is 318 g/mol. The van der Waals surface area contributed by atoms with Gasteiger partial charge in [-0.25, -0.2) is 4.98 Å². The van der Waals surface area contributed by atoms with Crippen molar-refractivity contribution in [3.8, 4) is 0 Å². The molecule has 0 aliphatic carbocycles. The Balaban J connectivity index is 1.83. The van der Waals surface area contributed by atoms with Gasteiger partial charge in [-0.3, -0.25) is 10.1 Å². The van der Waals surface area contributed by atoms with E-state index in [-0.39, 0.29) is 5.91 Å². The summed E-state index contributed by atoms with van der Waals surface area (Å²) in [4.78, 5) is 23.9. The number of nitrogens with one attached hydrogen (secondary N) is 4. The van der Waals surface area contributed by atoms with Gasteiger partial charge in [0.05, 0.1) is 17.6 Å². The number of rotatable bonds is 6. The third-order valence-electron chi connectivity index (χ3n) is 3.90. The van der Waals surface area contributed by atoms with E-state index >= 15 is 0 Å². The molecule has 25 heavy (non-hydrogen) atoms. The van der Waals surface area contributed by atoms with Gasteiger partial charge in [-0.2, -0.15) is 0 Å². The van der Waals surface area contributed by atoms with Gasteiger partial charge in [0.25, 0.3) is 0 Å². The van der Waals surface area contributed by atoms with Crippen LogP contribution in [0.4, 0.5) is 23.1 Å². The molecular formula is C17H22N7O+. The fraction of sp³-hybridized carbons (Fsp3) is 0.235. The molecule has 0 aliphatic rings. The highest BCUT2D eigenvalue weighted by Gasteiger charge is 2.14. The topological polar surface area (TPSA) is 113 Å². The Kier molecular flexibility index (Phi) is 4.80. The highest BCUT2D eigenvalue weighted by Crippen LogP contribution is 2.21. The monoisotopic (exact) mass is 340 g/mol. The smallest absolute Gasteiger partial charge is 0.336 e. The first-order valence-corrected chi connectivity index (χ1v) is 8.04. The molecule has 6 N–H and O–H groups in total. The average molecular weight is 340 g/mol. The van der Waals surface area contributed by atoms with E-state index < -0.39 is 0 Å². The number of aromatic amines is 2. The average Bonchev–Trinajstić information content (AvgIpc) is 3.08. The first-order valence-electron chi connectivity index (χ1n) is 8.04. The largest absolute Gasteiger partial charge is 0.351 e. The third kappa shape index (κ3) is 3.69. The van der Waals surface area contributed by atoms with E-state index in [0.29, 0.717) is 19.0 Å². The normalized spacial score (nSPS) is 10.7.